The maximum atomic E-state index is 12.3. The van der Waals surface area contributed by atoms with E-state index in [9.17, 15) is 23.1 Å². The maximum Gasteiger partial charge on any atom is 0.243 e. The highest BCUT2D eigenvalue weighted by Gasteiger charge is 2.19. The summed E-state index contributed by atoms with van der Waals surface area (Å²) in [6.07, 6.45) is 5.12. The number of hydrogen-bond acceptors (Lipinski definition) is 5. The molecule has 0 fully saturated rings. The van der Waals surface area contributed by atoms with Crippen LogP contribution in [0.2, 0.25) is 0 Å². The zero-order chi connectivity index (χ0) is 20.7. The molecule has 2 aromatic carbocycles. The molecular weight excluding hydrogens is 378 g/mol. The van der Waals surface area contributed by atoms with Crippen molar-refractivity contribution in [1.82, 2.24) is 4.31 Å². The Labute approximate surface area is 164 Å². The molecule has 0 atom stereocenters. The Hall–Kier alpha value is -3.03. The van der Waals surface area contributed by atoms with E-state index in [-0.39, 0.29) is 22.8 Å². The van der Waals surface area contributed by atoms with Crippen molar-refractivity contribution >= 4 is 33.7 Å². The number of carbonyl (C=O) groups excluding carboxylic acids is 2. The monoisotopic (exact) mass is 399 g/mol. The predicted octanol–water partition coefficient (Wildman–Crippen LogP) is 2.90. The van der Waals surface area contributed by atoms with Crippen LogP contribution in [-0.4, -0.2) is 43.5 Å². The number of benzene rings is 2. The fourth-order valence-corrected chi connectivity index (χ4v) is 3.37. The predicted molar refractivity (Wildman–Crippen MR) is 108 cm³/mol. The lowest BCUT2D eigenvalue weighted by Gasteiger charge is -2.13. The first-order chi connectivity index (χ1) is 13.2. The minimum atomic E-state index is -3.65. The lowest BCUT2D eigenvalue weighted by atomic mass is 10.1. The molecule has 146 valence electrons. The number of aromatic hydroxyl groups is 1. The molecule has 0 aliphatic heterocycles. The highest BCUT2D eigenvalue weighted by molar-refractivity contribution is 7.89. The van der Waals surface area contributed by atoms with Crippen molar-refractivity contribution in [1.29, 1.82) is 0 Å². The van der Waals surface area contributed by atoms with Crippen LogP contribution in [0.3, 0.4) is 0 Å². The summed E-state index contributed by atoms with van der Waals surface area (Å²) in [6, 6.07) is 12.6. The molecule has 0 spiro atoms. The third-order valence-electron chi connectivity index (χ3n) is 3.83. The summed E-state index contributed by atoms with van der Waals surface area (Å²) >= 11 is 0. The second-order valence-corrected chi connectivity index (χ2v) is 8.31. The van der Waals surface area contributed by atoms with Gasteiger partial charge in [-0.3, -0.25) is 9.59 Å². The van der Waals surface area contributed by atoms with Gasteiger partial charge in [-0.1, -0.05) is 42.5 Å². The Bertz CT molecular complexity index is 1020. The highest BCUT2D eigenvalue weighted by atomic mass is 32.2. The Morgan fingerprint density at radius 3 is 2.11 bits per heavy atom. The second kappa shape index (κ2) is 9.25. The SMILES string of the molecule is CN(C)S(=O)(=O)c1ccccc1C=CC(=O)CC(=O)C=Cc1ccc(O)cc1. The van der Waals surface area contributed by atoms with Crippen molar-refractivity contribution in [2.75, 3.05) is 14.1 Å². The Morgan fingerprint density at radius 1 is 0.929 bits per heavy atom. The summed E-state index contributed by atoms with van der Waals surface area (Å²) in [7, 11) is -0.785. The number of rotatable bonds is 8. The van der Waals surface area contributed by atoms with E-state index >= 15 is 0 Å². The van der Waals surface area contributed by atoms with Gasteiger partial charge in [0.25, 0.3) is 0 Å². The van der Waals surface area contributed by atoms with Crippen LogP contribution in [0.4, 0.5) is 0 Å². The Balaban J connectivity index is 2.06. The molecule has 6 nitrogen and oxygen atoms in total. The topological polar surface area (TPSA) is 91.8 Å². The largest absolute Gasteiger partial charge is 0.508 e. The summed E-state index contributed by atoms with van der Waals surface area (Å²) < 4.78 is 25.8. The normalized spacial score (nSPS) is 12.1. The van der Waals surface area contributed by atoms with Crippen LogP contribution < -0.4 is 0 Å². The smallest absolute Gasteiger partial charge is 0.243 e. The van der Waals surface area contributed by atoms with Crippen LogP contribution >= 0.6 is 0 Å². The quantitative estimate of drug-likeness (QED) is 0.544. The molecule has 0 saturated heterocycles. The first-order valence-electron chi connectivity index (χ1n) is 8.42. The van der Waals surface area contributed by atoms with Gasteiger partial charge in [-0.2, -0.15) is 0 Å². The number of carbonyl (C=O) groups is 2. The van der Waals surface area contributed by atoms with E-state index in [0.717, 1.165) is 9.87 Å². The van der Waals surface area contributed by atoms with Crippen LogP contribution in [0.25, 0.3) is 12.2 Å². The molecule has 7 heteroatoms. The van der Waals surface area contributed by atoms with Gasteiger partial charge >= 0.3 is 0 Å². The molecule has 28 heavy (non-hydrogen) atoms. The van der Waals surface area contributed by atoms with E-state index in [1.165, 1.54) is 50.5 Å². The summed E-state index contributed by atoms with van der Waals surface area (Å²) in [5, 5.41) is 9.22. The van der Waals surface area contributed by atoms with E-state index in [2.05, 4.69) is 0 Å². The summed E-state index contributed by atoms with van der Waals surface area (Å²) in [5.74, 6) is -0.685. The third kappa shape index (κ3) is 5.73. The number of hydrogen-bond donors (Lipinski definition) is 1. The lowest BCUT2D eigenvalue weighted by molar-refractivity contribution is -0.121. The molecule has 0 bridgehead atoms. The molecule has 0 saturated carbocycles. The molecular formula is C21H21NO5S. The van der Waals surface area contributed by atoms with Crippen LogP contribution in [0.5, 0.6) is 5.75 Å². The number of sulfonamides is 1. The molecule has 0 aromatic heterocycles. The van der Waals surface area contributed by atoms with E-state index in [1.54, 1.807) is 36.4 Å². The van der Waals surface area contributed by atoms with Gasteiger partial charge < -0.3 is 5.11 Å². The molecule has 0 radical (unpaired) electrons. The van der Waals surface area contributed by atoms with Gasteiger partial charge in [0.15, 0.2) is 11.6 Å². The van der Waals surface area contributed by atoms with Gasteiger partial charge in [0.1, 0.15) is 5.75 Å². The van der Waals surface area contributed by atoms with Crippen molar-refractivity contribution in [3.63, 3.8) is 0 Å². The summed E-state index contributed by atoms with van der Waals surface area (Å²) in [4.78, 5) is 24.1. The first-order valence-corrected chi connectivity index (χ1v) is 9.86. The highest BCUT2D eigenvalue weighted by Crippen LogP contribution is 2.19. The molecule has 2 aromatic rings. The molecule has 0 unspecified atom stereocenters. The number of phenols is 1. The molecule has 0 aliphatic carbocycles. The number of phenolic OH excluding ortho intramolecular Hbond substituents is 1. The zero-order valence-corrected chi connectivity index (χ0v) is 16.4. The average Bonchev–Trinajstić information content (AvgIpc) is 2.66. The molecule has 0 aliphatic rings. The van der Waals surface area contributed by atoms with E-state index in [1.807, 2.05) is 0 Å². The van der Waals surface area contributed by atoms with E-state index in [0.29, 0.717) is 5.56 Å². The summed E-state index contributed by atoms with van der Waals surface area (Å²) in [5.41, 5.74) is 1.09. The Kier molecular flexibility index (Phi) is 7.03. The van der Waals surface area contributed by atoms with Crippen LogP contribution in [0.1, 0.15) is 17.5 Å². The summed E-state index contributed by atoms with van der Waals surface area (Å²) in [6.45, 7) is 0. The lowest BCUT2D eigenvalue weighted by Crippen LogP contribution is -2.22. The van der Waals surface area contributed by atoms with Crippen molar-refractivity contribution in [2.24, 2.45) is 0 Å². The van der Waals surface area contributed by atoms with Gasteiger partial charge in [-0.25, -0.2) is 12.7 Å². The fourth-order valence-electron chi connectivity index (χ4n) is 2.30. The van der Waals surface area contributed by atoms with Crippen molar-refractivity contribution < 1.29 is 23.1 Å². The maximum absolute atomic E-state index is 12.3. The third-order valence-corrected chi connectivity index (χ3v) is 5.72. The minimum Gasteiger partial charge on any atom is -0.508 e. The molecule has 0 heterocycles. The van der Waals surface area contributed by atoms with Crippen molar-refractivity contribution in [3.05, 3.63) is 71.8 Å². The fraction of sp³-hybridized carbons (Fsp3) is 0.143. The molecule has 1 N–H and O–H groups in total. The standard InChI is InChI=1S/C21H21NO5S/c1-22(2)28(26,27)21-6-4-3-5-17(21)10-14-20(25)15-19(24)13-9-16-7-11-18(23)12-8-16/h3-14,23H,15H2,1-2H3. The van der Waals surface area contributed by atoms with Gasteiger partial charge in [0.2, 0.25) is 10.0 Å². The second-order valence-electron chi connectivity index (χ2n) is 6.19. The number of nitrogens with zero attached hydrogens (tertiary/aromatic N) is 1. The number of ketones is 2. The van der Waals surface area contributed by atoms with Gasteiger partial charge in [-0.15, -0.1) is 0 Å². The first kappa shape index (κ1) is 21.3. The van der Waals surface area contributed by atoms with Gasteiger partial charge in [0, 0.05) is 14.1 Å². The zero-order valence-electron chi connectivity index (χ0n) is 15.6. The Morgan fingerprint density at radius 2 is 1.50 bits per heavy atom. The van der Waals surface area contributed by atoms with Crippen LogP contribution in [0.15, 0.2) is 65.6 Å². The minimum absolute atomic E-state index is 0.0857. The number of allylic oxidation sites excluding steroid dienone is 2. The molecule has 2 rings (SSSR count). The van der Waals surface area contributed by atoms with Gasteiger partial charge in [-0.05, 0) is 41.5 Å². The van der Waals surface area contributed by atoms with E-state index < -0.39 is 15.8 Å². The van der Waals surface area contributed by atoms with Crippen molar-refractivity contribution in [3.8, 4) is 5.75 Å². The molecule has 0 amide bonds. The van der Waals surface area contributed by atoms with Crippen LogP contribution in [0, 0.1) is 0 Å². The van der Waals surface area contributed by atoms with E-state index in [4.69, 9.17) is 0 Å². The average molecular weight is 399 g/mol. The van der Waals surface area contributed by atoms with Gasteiger partial charge in [0.05, 0.1) is 11.3 Å². The van der Waals surface area contributed by atoms with Crippen molar-refractivity contribution in [2.45, 2.75) is 11.3 Å². The van der Waals surface area contributed by atoms with Crippen LogP contribution in [-0.2, 0) is 19.6 Å².